The highest BCUT2D eigenvalue weighted by Crippen LogP contribution is 2.36. The van der Waals surface area contributed by atoms with Gasteiger partial charge in [0.05, 0.1) is 5.02 Å². The Labute approximate surface area is 109 Å². The highest BCUT2D eigenvalue weighted by Gasteiger charge is 2.10. The van der Waals surface area contributed by atoms with E-state index in [2.05, 4.69) is 0 Å². The Balaban J connectivity index is 2.30. The second-order valence-electron chi connectivity index (χ2n) is 3.71. The van der Waals surface area contributed by atoms with Crippen LogP contribution in [0.1, 0.15) is 11.1 Å². The van der Waals surface area contributed by atoms with E-state index in [0.717, 1.165) is 5.56 Å². The van der Waals surface area contributed by atoms with Crippen molar-refractivity contribution in [3.8, 4) is 11.5 Å². The predicted molar refractivity (Wildman–Crippen MR) is 69.0 cm³/mol. The summed E-state index contributed by atoms with van der Waals surface area (Å²) in [5.41, 5.74) is 1.61. The lowest BCUT2D eigenvalue weighted by molar-refractivity contribution is 0.400. The van der Waals surface area contributed by atoms with Gasteiger partial charge in [0.25, 0.3) is 0 Å². The van der Waals surface area contributed by atoms with Gasteiger partial charge in [-0.15, -0.1) is 0 Å². The highest BCUT2D eigenvalue weighted by molar-refractivity contribution is 6.32. The fraction of sp³-hybridized carbons (Fsp3) is 0.0769. The van der Waals surface area contributed by atoms with Gasteiger partial charge in [-0.05, 0) is 23.8 Å². The Bertz CT molecular complexity index is 536. The maximum Gasteiger partial charge on any atom is 0.176 e. The Morgan fingerprint density at radius 2 is 1.47 bits per heavy atom. The number of aromatic hydroxyl groups is 2. The van der Waals surface area contributed by atoms with Gasteiger partial charge < -0.3 is 10.2 Å². The molecule has 2 rings (SSSR count). The van der Waals surface area contributed by atoms with Crippen molar-refractivity contribution in [1.82, 2.24) is 0 Å². The minimum atomic E-state index is -0.280. The lowest BCUT2D eigenvalue weighted by Gasteiger charge is -2.07. The summed E-state index contributed by atoms with van der Waals surface area (Å²) in [6.07, 6.45) is 0.508. The summed E-state index contributed by atoms with van der Waals surface area (Å²) in [6.45, 7) is 0. The molecule has 0 aliphatic heterocycles. The van der Waals surface area contributed by atoms with Crippen LogP contribution < -0.4 is 0 Å². The number of halogens is 2. The molecule has 88 valence electrons. The van der Waals surface area contributed by atoms with Crippen LogP contribution in [0.4, 0.5) is 0 Å². The van der Waals surface area contributed by atoms with Crippen molar-refractivity contribution in [3.63, 3.8) is 0 Å². The van der Waals surface area contributed by atoms with E-state index in [4.69, 9.17) is 23.2 Å². The lowest BCUT2D eigenvalue weighted by Crippen LogP contribution is -1.89. The summed E-state index contributed by atoms with van der Waals surface area (Å²) in [7, 11) is 0. The molecule has 4 heteroatoms. The Morgan fingerprint density at radius 3 is 2.12 bits per heavy atom. The van der Waals surface area contributed by atoms with Crippen molar-refractivity contribution in [2.75, 3.05) is 0 Å². The summed E-state index contributed by atoms with van der Waals surface area (Å²) in [5.74, 6) is -0.453. The van der Waals surface area contributed by atoms with E-state index >= 15 is 0 Å². The number of rotatable bonds is 2. The van der Waals surface area contributed by atoms with Crippen molar-refractivity contribution in [3.05, 3.63) is 57.6 Å². The zero-order valence-electron chi connectivity index (χ0n) is 8.82. The van der Waals surface area contributed by atoms with E-state index in [1.807, 2.05) is 12.1 Å². The molecule has 0 bridgehead atoms. The van der Waals surface area contributed by atoms with E-state index in [1.165, 1.54) is 0 Å². The largest absolute Gasteiger partial charge is 0.504 e. The minimum absolute atomic E-state index is 0.141. The molecule has 0 amide bonds. The first-order valence-corrected chi connectivity index (χ1v) is 5.77. The van der Waals surface area contributed by atoms with Crippen LogP contribution in [0.15, 0.2) is 36.4 Å². The molecule has 0 spiro atoms. The fourth-order valence-electron chi connectivity index (χ4n) is 1.56. The van der Waals surface area contributed by atoms with E-state index in [9.17, 15) is 10.2 Å². The van der Waals surface area contributed by atoms with Gasteiger partial charge in [-0.2, -0.15) is 0 Å². The Hall–Kier alpha value is -1.38. The molecular formula is C13H10Cl2O2. The molecule has 0 heterocycles. The zero-order chi connectivity index (χ0) is 12.4. The molecule has 2 N–H and O–H groups in total. The quantitative estimate of drug-likeness (QED) is 0.809. The van der Waals surface area contributed by atoms with Gasteiger partial charge in [0, 0.05) is 17.0 Å². The molecule has 0 aliphatic rings. The van der Waals surface area contributed by atoms with E-state index in [0.29, 0.717) is 17.0 Å². The van der Waals surface area contributed by atoms with Crippen molar-refractivity contribution < 1.29 is 10.2 Å². The van der Waals surface area contributed by atoms with Crippen LogP contribution in [0, 0.1) is 0 Å². The van der Waals surface area contributed by atoms with Gasteiger partial charge >= 0.3 is 0 Å². The second-order valence-corrected chi connectivity index (χ2v) is 4.55. The molecule has 2 aromatic rings. The molecule has 2 aromatic carbocycles. The SMILES string of the molecule is Oc1c(Cl)ccc(Cc2ccc(Cl)cc2)c1O. The first-order chi connectivity index (χ1) is 8.08. The van der Waals surface area contributed by atoms with Crippen LogP contribution >= 0.6 is 23.2 Å². The standard InChI is InChI=1S/C13H10Cl2O2/c14-10-4-1-8(2-5-10)7-9-3-6-11(15)13(17)12(9)16/h1-6,16-17H,7H2. The number of phenolic OH excluding ortho intramolecular Hbond substituents is 2. The molecule has 0 unspecified atom stereocenters. The van der Waals surface area contributed by atoms with Gasteiger partial charge in [0.15, 0.2) is 11.5 Å². The van der Waals surface area contributed by atoms with E-state index in [-0.39, 0.29) is 16.5 Å². The molecule has 17 heavy (non-hydrogen) atoms. The van der Waals surface area contributed by atoms with Gasteiger partial charge in [-0.25, -0.2) is 0 Å². The first kappa shape index (κ1) is 12.1. The van der Waals surface area contributed by atoms with Crippen molar-refractivity contribution in [2.45, 2.75) is 6.42 Å². The lowest BCUT2D eigenvalue weighted by atomic mass is 10.0. The Morgan fingerprint density at radius 1 is 0.824 bits per heavy atom. The summed E-state index contributed by atoms with van der Waals surface area (Å²) < 4.78 is 0. The van der Waals surface area contributed by atoms with Gasteiger partial charge in [-0.1, -0.05) is 41.4 Å². The van der Waals surface area contributed by atoms with E-state index in [1.54, 1.807) is 24.3 Å². The highest BCUT2D eigenvalue weighted by atomic mass is 35.5. The van der Waals surface area contributed by atoms with Crippen LogP contribution in [0.25, 0.3) is 0 Å². The molecule has 0 saturated carbocycles. The third-order valence-electron chi connectivity index (χ3n) is 2.49. The minimum Gasteiger partial charge on any atom is -0.504 e. The molecule has 0 atom stereocenters. The molecular weight excluding hydrogens is 259 g/mol. The summed E-state index contributed by atoms with van der Waals surface area (Å²) >= 11 is 11.5. The Kier molecular flexibility index (Phi) is 3.46. The molecule has 0 fully saturated rings. The van der Waals surface area contributed by atoms with Crippen LogP contribution in [-0.4, -0.2) is 10.2 Å². The maximum absolute atomic E-state index is 9.73. The molecule has 0 aliphatic carbocycles. The maximum atomic E-state index is 9.73. The normalized spacial score (nSPS) is 10.5. The third kappa shape index (κ3) is 2.65. The van der Waals surface area contributed by atoms with Crippen molar-refractivity contribution in [1.29, 1.82) is 0 Å². The monoisotopic (exact) mass is 268 g/mol. The van der Waals surface area contributed by atoms with E-state index < -0.39 is 0 Å². The zero-order valence-corrected chi connectivity index (χ0v) is 10.3. The van der Waals surface area contributed by atoms with Crippen LogP contribution in [0.5, 0.6) is 11.5 Å². The second kappa shape index (κ2) is 4.86. The number of benzene rings is 2. The average molecular weight is 269 g/mol. The predicted octanol–water partition coefficient (Wildman–Crippen LogP) is 4.00. The molecule has 0 aromatic heterocycles. The number of hydrogen-bond donors (Lipinski definition) is 2. The van der Waals surface area contributed by atoms with Gasteiger partial charge in [0.2, 0.25) is 0 Å². The smallest absolute Gasteiger partial charge is 0.176 e. The topological polar surface area (TPSA) is 40.5 Å². The summed E-state index contributed by atoms with van der Waals surface area (Å²) in [4.78, 5) is 0. The van der Waals surface area contributed by atoms with Crippen LogP contribution in [0.2, 0.25) is 10.0 Å². The van der Waals surface area contributed by atoms with Crippen molar-refractivity contribution >= 4 is 23.2 Å². The molecule has 0 saturated heterocycles. The van der Waals surface area contributed by atoms with Gasteiger partial charge in [0.1, 0.15) is 0 Å². The van der Waals surface area contributed by atoms with Crippen LogP contribution in [-0.2, 0) is 6.42 Å². The van der Waals surface area contributed by atoms with Gasteiger partial charge in [-0.3, -0.25) is 0 Å². The first-order valence-electron chi connectivity index (χ1n) is 5.01. The van der Waals surface area contributed by atoms with Crippen LogP contribution in [0.3, 0.4) is 0 Å². The fourth-order valence-corrected chi connectivity index (χ4v) is 1.84. The number of phenols is 2. The number of hydrogen-bond acceptors (Lipinski definition) is 2. The van der Waals surface area contributed by atoms with Crippen molar-refractivity contribution in [2.24, 2.45) is 0 Å². The summed E-state index contributed by atoms with van der Waals surface area (Å²) in [6, 6.07) is 10.5. The third-order valence-corrected chi connectivity index (χ3v) is 3.05. The average Bonchev–Trinajstić information content (AvgIpc) is 2.33. The summed E-state index contributed by atoms with van der Waals surface area (Å²) in [5, 5.41) is 20.0. The molecule has 2 nitrogen and oxygen atoms in total. The molecule has 0 radical (unpaired) electrons.